The van der Waals surface area contributed by atoms with E-state index in [1.807, 2.05) is 0 Å². The lowest BCUT2D eigenvalue weighted by molar-refractivity contribution is -0.391. The molecule has 3 heterocycles. The van der Waals surface area contributed by atoms with Gasteiger partial charge in [0.15, 0.2) is 0 Å². The van der Waals surface area contributed by atoms with Crippen LogP contribution in [0.5, 0.6) is 5.88 Å². The molecule has 3 rings (SSSR count). The second kappa shape index (κ2) is 4.54. The maximum absolute atomic E-state index is 11.0. The average molecular weight is 269 g/mol. The normalized spacial score (nSPS) is 19.4. The Bertz CT molecular complexity index is 573. The molecule has 8 heteroatoms. The van der Waals surface area contributed by atoms with Crippen molar-refractivity contribution in [2.24, 2.45) is 0 Å². The van der Waals surface area contributed by atoms with E-state index in [1.165, 1.54) is 15.7 Å². The quantitative estimate of drug-likeness (QED) is 0.625. The van der Waals surface area contributed by atoms with Crippen LogP contribution in [0.4, 0.5) is 5.82 Å². The highest BCUT2D eigenvalue weighted by Gasteiger charge is 2.26. The predicted octanol–water partition coefficient (Wildman–Crippen LogP) is 1.86. The molecule has 1 fully saturated rings. The number of imidazole rings is 1. The van der Waals surface area contributed by atoms with E-state index in [2.05, 4.69) is 4.98 Å². The van der Waals surface area contributed by atoms with Crippen molar-refractivity contribution in [1.29, 1.82) is 0 Å². The zero-order valence-electron chi connectivity index (χ0n) is 9.44. The smallest absolute Gasteiger partial charge is 0.393 e. The Kier molecular flexibility index (Phi) is 2.88. The van der Waals surface area contributed by atoms with E-state index < -0.39 is 4.92 Å². The monoisotopic (exact) mass is 269 g/mol. The van der Waals surface area contributed by atoms with Gasteiger partial charge in [0.1, 0.15) is 12.8 Å². The van der Waals surface area contributed by atoms with Gasteiger partial charge in [-0.05, 0) is 17.8 Å². The van der Waals surface area contributed by atoms with E-state index in [1.54, 1.807) is 11.6 Å². The summed E-state index contributed by atoms with van der Waals surface area (Å²) in [6, 6.07) is 0. The maximum Gasteiger partial charge on any atom is 0.393 e. The Hall–Kier alpha value is -1.67. The lowest BCUT2D eigenvalue weighted by atomic mass is 10.2. The van der Waals surface area contributed by atoms with Crippen LogP contribution in [0.15, 0.2) is 11.6 Å². The molecule has 0 bridgehead atoms. The van der Waals surface area contributed by atoms with Crippen LogP contribution < -0.4 is 4.74 Å². The van der Waals surface area contributed by atoms with Gasteiger partial charge < -0.3 is 19.6 Å². The summed E-state index contributed by atoms with van der Waals surface area (Å²) in [6.45, 7) is 1.04. The van der Waals surface area contributed by atoms with Crippen LogP contribution in [-0.2, 0) is 4.74 Å². The van der Waals surface area contributed by atoms with E-state index in [9.17, 15) is 10.1 Å². The summed E-state index contributed by atoms with van der Waals surface area (Å²) >= 11 is 1.33. The van der Waals surface area contributed by atoms with Crippen molar-refractivity contribution in [3.63, 3.8) is 0 Å². The molecule has 0 N–H and O–H groups in total. The van der Waals surface area contributed by atoms with Gasteiger partial charge >= 0.3 is 11.7 Å². The average Bonchev–Trinajstić information content (AvgIpc) is 3.01. The highest BCUT2D eigenvalue weighted by Crippen LogP contribution is 2.30. The molecule has 2 aromatic rings. The molecular weight excluding hydrogens is 258 g/mol. The summed E-state index contributed by atoms with van der Waals surface area (Å²) < 4.78 is 12.3. The zero-order valence-corrected chi connectivity index (χ0v) is 10.3. The molecule has 0 saturated carbocycles. The summed E-state index contributed by atoms with van der Waals surface area (Å²) in [4.78, 5) is 15.2. The molecule has 0 spiro atoms. The molecule has 1 aliphatic rings. The summed E-state index contributed by atoms with van der Waals surface area (Å²) in [5.41, 5.74) is 0. The Labute approximate surface area is 106 Å². The lowest BCUT2D eigenvalue weighted by Gasteiger charge is -2.08. The minimum atomic E-state index is -0.475. The highest BCUT2D eigenvalue weighted by molar-refractivity contribution is 7.15. The van der Waals surface area contributed by atoms with Gasteiger partial charge in [-0.25, -0.2) is 0 Å². The van der Waals surface area contributed by atoms with Crippen molar-refractivity contribution < 1.29 is 14.4 Å². The van der Waals surface area contributed by atoms with E-state index in [0.717, 1.165) is 19.4 Å². The maximum atomic E-state index is 11.0. The van der Waals surface area contributed by atoms with Gasteiger partial charge in [0, 0.05) is 12.0 Å². The topological polar surface area (TPSA) is 78.9 Å². The fraction of sp³-hybridized carbons (Fsp3) is 0.500. The number of ether oxygens (including phenoxy) is 2. The minimum Gasteiger partial charge on any atom is -0.469 e. The van der Waals surface area contributed by atoms with Crippen LogP contribution in [0.25, 0.3) is 4.96 Å². The second-order valence-corrected chi connectivity index (χ2v) is 4.87. The summed E-state index contributed by atoms with van der Waals surface area (Å²) in [5.74, 6) is -0.0494. The number of fused-ring (bicyclic) bond motifs is 1. The first-order valence-electron chi connectivity index (χ1n) is 5.60. The van der Waals surface area contributed by atoms with Crippen LogP contribution in [-0.4, -0.2) is 33.6 Å². The van der Waals surface area contributed by atoms with Gasteiger partial charge in [-0.2, -0.15) is 9.38 Å². The van der Waals surface area contributed by atoms with Crippen molar-refractivity contribution in [2.45, 2.75) is 18.9 Å². The first-order chi connectivity index (χ1) is 8.75. The SMILES string of the molecule is O=[N+]([O-])c1c(OCC2CCCO2)nc2sccn12. The molecule has 1 saturated heterocycles. The Morgan fingerprint density at radius 1 is 1.72 bits per heavy atom. The third-order valence-electron chi connectivity index (χ3n) is 2.81. The zero-order chi connectivity index (χ0) is 12.5. The molecule has 7 nitrogen and oxygen atoms in total. The molecular formula is C10H11N3O4S. The van der Waals surface area contributed by atoms with Crippen LogP contribution in [0.1, 0.15) is 12.8 Å². The minimum absolute atomic E-state index is 0.0179. The highest BCUT2D eigenvalue weighted by atomic mass is 32.1. The van der Waals surface area contributed by atoms with Crippen molar-refractivity contribution in [1.82, 2.24) is 9.38 Å². The first kappa shape index (κ1) is 11.4. The van der Waals surface area contributed by atoms with Crippen LogP contribution in [0.2, 0.25) is 0 Å². The van der Waals surface area contributed by atoms with Crippen LogP contribution >= 0.6 is 11.3 Å². The third kappa shape index (κ3) is 1.93. The number of rotatable bonds is 4. The van der Waals surface area contributed by atoms with Crippen molar-refractivity contribution in [3.8, 4) is 5.88 Å². The fourth-order valence-corrected chi connectivity index (χ4v) is 2.67. The number of nitro groups is 1. The number of hydrogen-bond acceptors (Lipinski definition) is 6. The Morgan fingerprint density at radius 3 is 3.33 bits per heavy atom. The van der Waals surface area contributed by atoms with Crippen LogP contribution in [0.3, 0.4) is 0 Å². The number of hydrogen-bond donors (Lipinski definition) is 0. The number of aromatic nitrogens is 2. The number of nitrogens with zero attached hydrogens (tertiary/aromatic N) is 3. The molecule has 96 valence electrons. The molecule has 18 heavy (non-hydrogen) atoms. The van der Waals surface area contributed by atoms with Gasteiger partial charge in [-0.3, -0.25) is 0 Å². The van der Waals surface area contributed by atoms with E-state index in [-0.39, 0.29) is 17.8 Å². The first-order valence-corrected chi connectivity index (χ1v) is 6.48. The molecule has 0 aromatic carbocycles. The largest absolute Gasteiger partial charge is 0.469 e. The molecule has 0 radical (unpaired) electrons. The standard InChI is InChI=1S/C10H11N3O4S/c14-13(15)9-8(11-10-12(9)3-5-18-10)17-6-7-2-1-4-16-7/h3,5,7H,1-2,4,6H2. The van der Waals surface area contributed by atoms with Gasteiger partial charge in [-0.1, -0.05) is 11.3 Å². The summed E-state index contributed by atoms with van der Waals surface area (Å²) in [5, 5.41) is 12.8. The van der Waals surface area contributed by atoms with E-state index >= 15 is 0 Å². The second-order valence-electron chi connectivity index (χ2n) is 4.00. The summed E-state index contributed by atoms with van der Waals surface area (Å²) in [6.07, 6.45) is 3.57. The van der Waals surface area contributed by atoms with Crippen LogP contribution in [0, 0.1) is 10.1 Å². The Balaban J connectivity index is 1.83. The van der Waals surface area contributed by atoms with Crippen molar-refractivity contribution >= 4 is 22.1 Å². The van der Waals surface area contributed by atoms with Gasteiger partial charge in [0.25, 0.3) is 4.96 Å². The molecule has 1 aliphatic heterocycles. The third-order valence-corrected chi connectivity index (χ3v) is 3.57. The lowest BCUT2D eigenvalue weighted by Crippen LogP contribution is -2.16. The van der Waals surface area contributed by atoms with Gasteiger partial charge in [-0.15, -0.1) is 0 Å². The van der Waals surface area contributed by atoms with E-state index in [0.29, 0.717) is 11.6 Å². The van der Waals surface area contributed by atoms with Gasteiger partial charge in [0.05, 0.1) is 6.10 Å². The predicted molar refractivity (Wildman–Crippen MR) is 64.2 cm³/mol. The molecule has 1 atom stereocenters. The number of thiazole rings is 1. The fourth-order valence-electron chi connectivity index (χ4n) is 1.96. The molecule has 0 amide bonds. The molecule has 2 aromatic heterocycles. The van der Waals surface area contributed by atoms with Gasteiger partial charge in [0.2, 0.25) is 0 Å². The van der Waals surface area contributed by atoms with Crippen molar-refractivity contribution in [3.05, 3.63) is 21.7 Å². The van der Waals surface area contributed by atoms with Crippen molar-refractivity contribution in [2.75, 3.05) is 13.2 Å². The molecule has 0 aliphatic carbocycles. The Morgan fingerprint density at radius 2 is 2.61 bits per heavy atom. The molecule has 1 unspecified atom stereocenters. The van der Waals surface area contributed by atoms with E-state index in [4.69, 9.17) is 9.47 Å². The summed E-state index contributed by atoms with van der Waals surface area (Å²) in [7, 11) is 0.